The Morgan fingerprint density at radius 1 is 1.41 bits per heavy atom. The maximum Gasteiger partial charge on any atom is 0.205 e. The molecule has 0 spiro atoms. The van der Waals surface area contributed by atoms with Crippen molar-refractivity contribution >= 4 is 5.96 Å². The van der Waals surface area contributed by atoms with E-state index in [1.54, 1.807) is 0 Å². The van der Waals surface area contributed by atoms with Crippen molar-refractivity contribution in [3.63, 3.8) is 0 Å². The number of rotatable bonds is 3. The molecule has 4 N–H and O–H groups in total. The number of guanidine groups is 1. The first kappa shape index (κ1) is 12.6. The molecular weight excluding hydrogens is 214 g/mol. The first-order valence-corrected chi connectivity index (χ1v) is 6.57. The highest BCUT2D eigenvalue weighted by molar-refractivity contribution is 5.79. The topological polar surface area (TPSA) is 65.7 Å². The Hall–Kier alpha value is -0.810. The first-order valence-electron chi connectivity index (χ1n) is 6.57. The Labute approximate surface area is 104 Å². The van der Waals surface area contributed by atoms with Gasteiger partial charge in [0.25, 0.3) is 0 Å². The van der Waals surface area contributed by atoms with Crippen LogP contribution in [0.1, 0.15) is 32.6 Å². The van der Waals surface area contributed by atoms with E-state index in [2.05, 4.69) is 34.6 Å². The van der Waals surface area contributed by atoms with Gasteiger partial charge in [-0.1, -0.05) is 6.92 Å². The van der Waals surface area contributed by atoms with Crippen molar-refractivity contribution in [1.82, 2.24) is 15.6 Å². The predicted molar refractivity (Wildman–Crippen MR) is 70.6 cm³/mol. The number of hydrazine groups is 1. The number of likely N-dealkylation sites (tertiary alicyclic amines) is 1. The molecule has 0 bridgehead atoms. The van der Waals surface area contributed by atoms with Crippen LogP contribution in [0.25, 0.3) is 0 Å². The minimum atomic E-state index is 0.333. The molecule has 98 valence electrons. The van der Waals surface area contributed by atoms with Gasteiger partial charge in [0.05, 0.1) is 0 Å². The van der Waals surface area contributed by atoms with Crippen molar-refractivity contribution in [3.05, 3.63) is 0 Å². The van der Waals surface area contributed by atoms with E-state index in [1.807, 2.05) is 0 Å². The number of aliphatic imine (C=N–C) groups is 1. The van der Waals surface area contributed by atoms with Crippen LogP contribution in [0, 0.1) is 5.41 Å². The summed E-state index contributed by atoms with van der Waals surface area (Å²) in [5, 5.41) is 3.31. The number of nitrogens with one attached hydrogen (secondary N) is 2. The van der Waals surface area contributed by atoms with Gasteiger partial charge >= 0.3 is 0 Å². The van der Waals surface area contributed by atoms with Crippen LogP contribution < -0.4 is 16.6 Å². The molecule has 1 aliphatic heterocycles. The molecule has 2 fully saturated rings. The zero-order chi connectivity index (χ0) is 12.3. The Morgan fingerprint density at radius 2 is 2.06 bits per heavy atom. The largest absolute Gasteiger partial charge is 0.353 e. The third-order valence-electron chi connectivity index (χ3n) is 3.87. The highest BCUT2D eigenvalue weighted by Crippen LogP contribution is 2.30. The molecule has 1 aliphatic carbocycles. The van der Waals surface area contributed by atoms with Gasteiger partial charge in [-0.15, -0.1) is 0 Å². The van der Waals surface area contributed by atoms with E-state index in [1.165, 1.54) is 38.8 Å². The minimum Gasteiger partial charge on any atom is -0.353 e. The molecule has 0 amide bonds. The molecule has 0 unspecified atom stereocenters. The van der Waals surface area contributed by atoms with Gasteiger partial charge in [-0.3, -0.25) is 10.4 Å². The van der Waals surface area contributed by atoms with Crippen LogP contribution in [-0.2, 0) is 0 Å². The van der Waals surface area contributed by atoms with Gasteiger partial charge in [-0.05, 0) is 51.2 Å². The highest BCUT2D eigenvalue weighted by Gasteiger charge is 2.29. The van der Waals surface area contributed by atoms with Crippen molar-refractivity contribution in [2.75, 3.05) is 26.7 Å². The molecule has 0 radical (unpaired) electrons. The summed E-state index contributed by atoms with van der Waals surface area (Å²) in [6.07, 6.45) is 4.91. The minimum absolute atomic E-state index is 0.333. The molecule has 2 aliphatic rings. The van der Waals surface area contributed by atoms with E-state index in [4.69, 9.17) is 5.84 Å². The van der Waals surface area contributed by atoms with E-state index >= 15 is 0 Å². The van der Waals surface area contributed by atoms with Crippen LogP contribution in [0.3, 0.4) is 0 Å². The monoisotopic (exact) mass is 239 g/mol. The lowest BCUT2D eigenvalue weighted by Gasteiger charge is -2.36. The summed E-state index contributed by atoms with van der Waals surface area (Å²) >= 11 is 0. The van der Waals surface area contributed by atoms with Crippen molar-refractivity contribution in [1.29, 1.82) is 0 Å². The zero-order valence-electron chi connectivity index (χ0n) is 11.0. The van der Waals surface area contributed by atoms with E-state index in [9.17, 15) is 0 Å². The number of hydrogen-bond donors (Lipinski definition) is 3. The molecule has 2 rings (SSSR count). The van der Waals surface area contributed by atoms with Gasteiger partial charge in [-0.25, -0.2) is 5.84 Å². The van der Waals surface area contributed by atoms with Crippen molar-refractivity contribution in [2.45, 2.75) is 38.6 Å². The van der Waals surface area contributed by atoms with Gasteiger partial charge in [-0.2, -0.15) is 0 Å². The fourth-order valence-corrected chi connectivity index (χ4v) is 2.14. The molecule has 5 heteroatoms. The second-order valence-corrected chi connectivity index (χ2v) is 5.84. The predicted octanol–water partition coefficient (Wildman–Crippen LogP) is 0.290. The third kappa shape index (κ3) is 3.85. The summed E-state index contributed by atoms with van der Waals surface area (Å²) in [6.45, 7) is 5.54. The Balaban J connectivity index is 1.83. The molecule has 1 saturated carbocycles. The SMILES string of the molecule is CN1CCC(C)(CN=C(NN)NC2CC2)CC1. The van der Waals surface area contributed by atoms with Crippen LogP contribution in [0.2, 0.25) is 0 Å². The van der Waals surface area contributed by atoms with Crippen LogP contribution >= 0.6 is 0 Å². The highest BCUT2D eigenvalue weighted by atomic mass is 15.3. The fraction of sp³-hybridized carbons (Fsp3) is 0.917. The number of nitrogens with two attached hydrogens (primary N) is 1. The van der Waals surface area contributed by atoms with Crippen molar-refractivity contribution < 1.29 is 0 Å². The average molecular weight is 239 g/mol. The normalized spacial score (nSPS) is 25.7. The zero-order valence-corrected chi connectivity index (χ0v) is 11.0. The van der Waals surface area contributed by atoms with Gasteiger partial charge < -0.3 is 10.2 Å². The summed E-state index contributed by atoms with van der Waals surface area (Å²) in [5.41, 5.74) is 3.00. The lowest BCUT2D eigenvalue weighted by atomic mass is 9.80. The lowest BCUT2D eigenvalue weighted by Crippen LogP contribution is -2.44. The van der Waals surface area contributed by atoms with Crippen molar-refractivity contribution in [2.24, 2.45) is 16.3 Å². The third-order valence-corrected chi connectivity index (χ3v) is 3.87. The first-order chi connectivity index (χ1) is 8.11. The second kappa shape index (κ2) is 5.23. The maximum absolute atomic E-state index is 5.48. The number of hydrogen-bond acceptors (Lipinski definition) is 3. The standard InChI is InChI=1S/C12H25N5/c1-12(5-7-17(2)8-6-12)9-14-11(16-13)15-10-3-4-10/h10H,3-9,13H2,1-2H3,(H2,14,15,16). The molecule has 0 aromatic carbocycles. The summed E-state index contributed by atoms with van der Waals surface area (Å²) in [6, 6.07) is 0.593. The fourth-order valence-electron chi connectivity index (χ4n) is 2.14. The summed E-state index contributed by atoms with van der Waals surface area (Å²) in [5.74, 6) is 6.24. The lowest BCUT2D eigenvalue weighted by molar-refractivity contribution is 0.147. The molecule has 0 aromatic heterocycles. The Kier molecular flexibility index (Phi) is 3.89. The van der Waals surface area contributed by atoms with Gasteiger partial charge in [0, 0.05) is 12.6 Å². The average Bonchev–Trinajstić information content (AvgIpc) is 3.13. The van der Waals surface area contributed by atoms with Gasteiger partial charge in [0.2, 0.25) is 5.96 Å². The second-order valence-electron chi connectivity index (χ2n) is 5.84. The van der Waals surface area contributed by atoms with Crippen LogP contribution in [-0.4, -0.2) is 43.6 Å². The smallest absolute Gasteiger partial charge is 0.205 e. The van der Waals surface area contributed by atoms with E-state index in [0.717, 1.165) is 12.5 Å². The molecule has 0 aromatic rings. The summed E-state index contributed by atoms with van der Waals surface area (Å²) < 4.78 is 0. The van der Waals surface area contributed by atoms with Crippen LogP contribution in [0.5, 0.6) is 0 Å². The molecule has 1 heterocycles. The van der Waals surface area contributed by atoms with Gasteiger partial charge in [0.1, 0.15) is 0 Å². The molecular formula is C12H25N5. The van der Waals surface area contributed by atoms with E-state index in [0.29, 0.717) is 11.5 Å². The summed E-state index contributed by atoms with van der Waals surface area (Å²) in [4.78, 5) is 6.98. The van der Waals surface area contributed by atoms with Crippen molar-refractivity contribution in [3.8, 4) is 0 Å². The van der Waals surface area contributed by atoms with E-state index in [-0.39, 0.29) is 0 Å². The quantitative estimate of drug-likeness (QED) is 0.287. The summed E-state index contributed by atoms with van der Waals surface area (Å²) in [7, 11) is 2.18. The number of piperidine rings is 1. The molecule has 17 heavy (non-hydrogen) atoms. The molecule has 1 saturated heterocycles. The van der Waals surface area contributed by atoms with Crippen LogP contribution in [0.4, 0.5) is 0 Å². The number of nitrogens with zero attached hydrogens (tertiary/aromatic N) is 2. The molecule has 0 atom stereocenters. The Bertz CT molecular complexity index is 277. The van der Waals surface area contributed by atoms with Crippen LogP contribution in [0.15, 0.2) is 4.99 Å². The Morgan fingerprint density at radius 3 is 2.59 bits per heavy atom. The van der Waals surface area contributed by atoms with E-state index < -0.39 is 0 Å². The molecule has 5 nitrogen and oxygen atoms in total. The van der Waals surface area contributed by atoms with Gasteiger partial charge in [0.15, 0.2) is 0 Å². The maximum atomic E-state index is 5.48.